The maximum Gasteiger partial charge on any atom is 0.266 e. The van der Waals surface area contributed by atoms with Crippen LogP contribution < -0.4 is 9.80 Å². The number of nitrogens with zero attached hydrogens (tertiary/aromatic N) is 4. The molecule has 2 aliphatic rings. The zero-order valence-corrected chi connectivity index (χ0v) is 23.0. The second-order valence-electron chi connectivity index (χ2n) is 10.5. The number of aromatic nitrogens is 2. The Hall–Kier alpha value is -6.28. The average molecular weight is 573 g/mol. The average Bonchev–Trinajstić information content (AvgIpc) is 3.48. The van der Waals surface area contributed by atoms with Crippen molar-refractivity contribution in [3.05, 3.63) is 144 Å². The van der Waals surface area contributed by atoms with Gasteiger partial charge in [-0.1, -0.05) is 54.6 Å². The number of anilines is 2. The third-order valence-corrected chi connectivity index (χ3v) is 7.96. The highest BCUT2D eigenvalue weighted by Gasteiger charge is 2.37. The molecule has 0 spiro atoms. The van der Waals surface area contributed by atoms with Crippen LogP contribution in [0.1, 0.15) is 41.4 Å². The fraction of sp³-hybridized carbons (Fsp3) is 0. The van der Waals surface area contributed by atoms with Crippen LogP contribution in [-0.4, -0.2) is 33.6 Å². The maximum absolute atomic E-state index is 13.2. The molecule has 0 radical (unpaired) electrons. The lowest BCUT2D eigenvalue weighted by atomic mass is 10.0. The molecule has 2 aliphatic heterocycles. The van der Waals surface area contributed by atoms with E-state index in [-0.39, 0.29) is 23.6 Å². The minimum atomic E-state index is -0.373. The van der Waals surface area contributed by atoms with Gasteiger partial charge in [-0.15, -0.1) is 0 Å². The number of carbonyl (C=O) groups is 4. The van der Waals surface area contributed by atoms with Gasteiger partial charge >= 0.3 is 0 Å². The predicted molar refractivity (Wildman–Crippen MR) is 166 cm³/mol. The fourth-order valence-corrected chi connectivity index (χ4v) is 5.81. The SMILES string of the molecule is O=C1c2ccccc2C(=O)N1c1ccc(-c2nc(-c3ccccc3)c3cc(N4C(=O)c5ccccc5C4=O)ccc3n2)cc1. The molecule has 8 heteroatoms. The molecule has 0 aliphatic carbocycles. The van der Waals surface area contributed by atoms with E-state index in [1.165, 1.54) is 9.80 Å². The Morgan fingerprint density at radius 1 is 0.432 bits per heavy atom. The number of amides is 4. The van der Waals surface area contributed by atoms with Crippen molar-refractivity contribution >= 4 is 45.9 Å². The van der Waals surface area contributed by atoms with Gasteiger partial charge in [-0.05, 0) is 66.7 Å². The molecule has 0 unspecified atom stereocenters. The normalized spacial score (nSPS) is 14.0. The summed E-state index contributed by atoms with van der Waals surface area (Å²) in [5.41, 5.74) is 5.18. The van der Waals surface area contributed by atoms with Gasteiger partial charge in [0.15, 0.2) is 5.82 Å². The molecule has 1 aromatic heterocycles. The molecule has 3 heterocycles. The monoisotopic (exact) mass is 572 g/mol. The molecule has 4 amide bonds. The van der Waals surface area contributed by atoms with E-state index >= 15 is 0 Å². The number of carbonyl (C=O) groups excluding carboxylic acids is 4. The van der Waals surface area contributed by atoms with Gasteiger partial charge in [0.25, 0.3) is 23.6 Å². The van der Waals surface area contributed by atoms with Crippen molar-refractivity contribution in [2.75, 3.05) is 9.80 Å². The Balaban J connectivity index is 1.20. The molecular weight excluding hydrogens is 552 g/mol. The zero-order valence-electron chi connectivity index (χ0n) is 23.0. The lowest BCUT2D eigenvalue weighted by Crippen LogP contribution is -2.29. The first-order chi connectivity index (χ1) is 21.5. The molecule has 0 saturated carbocycles. The van der Waals surface area contributed by atoms with Gasteiger partial charge in [0.05, 0.1) is 44.8 Å². The van der Waals surface area contributed by atoms with Crippen LogP contribution in [0.3, 0.4) is 0 Å². The van der Waals surface area contributed by atoms with Gasteiger partial charge in [0.2, 0.25) is 0 Å². The molecule has 0 N–H and O–H groups in total. The number of hydrogen-bond donors (Lipinski definition) is 0. The molecule has 0 bridgehead atoms. The van der Waals surface area contributed by atoms with E-state index in [9.17, 15) is 19.2 Å². The van der Waals surface area contributed by atoms with Crippen LogP contribution in [0.5, 0.6) is 0 Å². The molecule has 5 aromatic carbocycles. The predicted octanol–water partition coefficient (Wildman–Crippen LogP) is 6.57. The highest BCUT2D eigenvalue weighted by Crippen LogP contribution is 2.35. The van der Waals surface area contributed by atoms with Gasteiger partial charge in [0, 0.05) is 16.5 Å². The molecule has 208 valence electrons. The van der Waals surface area contributed by atoms with E-state index in [2.05, 4.69) is 0 Å². The molecule has 0 saturated heterocycles. The lowest BCUT2D eigenvalue weighted by Gasteiger charge is -2.17. The summed E-state index contributed by atoms with van der Waals surface area (Å²) in [5.74, 6) is -1.02. The molecule has 8 nitrogen and oxygen atoms in total. The quantitative estimate of drug-likeness (QED) is 0.222. The minimum absolute atomic E-state index is 0.361. The fourth-order valence-electron chi connectivity index (χ4n) is 5.81. The molecule has 44 heavy (non-hydrogen) atoms. The first kappa shape index (κ1) is 25.4. The second-order valence-corrected chi connectivity index (χ2v) is 10.5. The summed E-state index contributed by atoms with van der Waals surface area (Å²) in [6.45, 7) is 0. The highest BCUT2D eigenvalue weighted by molar-refractivity contribution is 6.35. The summed E-state index contributed by atoms with van der Waals surface area (Å²) in [5, 5.41) is 0.677. The van der Waals surface area contributed by atoms with Crippen LogP contribution in [0, 0.1) is 0 Å². The van der Waals surface area contributed by atoms with Crippen LogP contribution in [0.25, 0.3) is 33.5 Å². The number of imide groups is 2. The molecule has 6 aromatic rings. The van der Waals surface area contributed by atoms with Gasteiger partial charge in [-0.2, -0.15) is 0 Å². The number of rotatable bonds is 4. The molecule has 0 fully saturated rings. The zero-order chi connectivity index (χ0) is 29.9. The lowest BCUT2D eigenvalue weighted by molar-refractivity contribution is 0.0910. The summed E-state index contributed by atoms with van der Waals surface area (Å²) in [4.78, 5) is 64.4. The van der Waals surface area contributed by atoms with E-state index in [0.717, 1.165) is 5.56 Å². The standard InChI is InChI=1S/C36H20N4O4/c41-33-25-10-4-5-11-26(25)34(42)39(33)23-16-14-22(15-17-23)32-37-30-19-18-24(20-29(30)31(38-32)21-8-2-1-3-9-21)40-35(43)27-12-6-7-13-28(27)36(40)44/h1-20H. The Bertz CT molecular complexity index is 2140. The third kappa shape index (κ3) is 3.78. The molecule has 0 atom stereocenters. The van der Waals surface area contributed by atoms with Crippen LogP contribution in [-0.2, 0) is 0 Å². The molecule has 8 rings (SSSR count). The van der Waals surface area contributed by atoms with Gasteiger partial charge < -0.3 is 0 Å². The summed E-state index contributed by atoms with van der Waals surface area (Å²) in [6, 6.07) is 35.4. The van der Waals surface area contributed by atoms with Crippen molar-refractivity contribution in [1.82, 2.24) is 9.97 Å². The summed E-state index contributed by atoms with van der Waals surface area (Å²) >= 11 is 0. The minimum Gasteiger partial charge on any atom is -0.268 e. The van der Waals surface area contributed by atoms with E-state index in [0.29, 0.717) is 61.6 Å². The van der Waals surface area contributed by atoms with Crippen molar-refractivity contribution in [3.8, 4) is 22.6 Å². The van der Waals surface area contributed by atoms with Crippen molar-refractivity contribution in [2.45, 2.75) is 0 Å². The van der Waals surface area contributed by atoms with E-state index in [1.54, 1.807) is 91.0 Å². The number of benzene rings is 5. The summed E-state index contributed by atoms with van der Waals surface area (Å²) in [7, 11) is 0. The molecular formula is C36H20N4O4. The van der Waals surface area contributed by atoms with Gasteiger partial charge in [-0.3, -0.25) is 19.2 Å². The first-order valence-corrected chi connectivity index (χ1v) is 13.9. The van der Waals surface area contributed by atoms with Crippen LogP contribution in [0.4, 0.5) is 11.4 Å². The van der Waals surface area contributed by atoms with Crippen molar-refractivity contribution in [2.24, 2.45) is 0 Å². The maximum atomic E-state index is 13.2. The summed E-state index contributed by atoms with van der Waals surface area (Å²) in [6.07, 6.45) is 0. The Morgan fingerprint density at radius 2 is 0.909 bits per heavy atom. The van der Waals surface area contributed by atoms with Crippen LogP contribution in [0.15, 0.2) is 121 Å². The van der Waals surface area contributed by atoms with Crippen LogP contribution in [0.2, 0.25) is 0 Å². The van der Waals surface area contributed by atoms with Gasteiger partial charge in [-0.25, -0.2) is 19.8 Å². The van der Waals surface area contributed by atoms with Crippen LogP contribution >= 0.6 is 0 Å². The second kappa shape index (κ2) is 9.64. The van der Waals surface area contributed by atoms with E-state index in [4.69, 9.17) is 9.97 Å². The first-order valence-electron chi connectivity index (χ1n) is 13.9. The number of fused-ring (bicyclic) bond motifs is 3. The summed E-state index contributed by atoms with van der Waals surface area (Å²) < 4.78 is 0. The largest absolute Gasteiger partial charge is 0.268 e. The number of hydrogen-bond acceptors (Lipinski definition) is 6. The third-order valence-electron chi connectivity index (χ3n) is 7.96. The Kier molecular flexibility index (Phi) is 5.57. The van der Waals surface area contributed by atoms with Crippen molar-refractivity contribution in [1.29, 1.82) is 0 Å². The highest BCUT2D eigenvalue weighted by atomic mass is 16.2. The van der Waals surface area contributed by atoms with E-state index < -0.39 is 0 Å². The van der Waals surface area contributed by atoms with Crippen molar-refractivity contribution in [3.63, 3.8) is 0 Å². The Morgan fingerprint density at radius 3 is 1.45 bits per heavy atom. The topological polar surface area (TPSA) is 101 Å². The van der Waals surface area contributed by atoms with Crippen molar-refractivity contribution < 1.29 is 19.2 Å². The Labute approximate surface area is 250 Å². The smallest absolute Gasteiger partial charge is 0.266 e. The van der Waals surface area contributed by atoms with E-state index in [1.807, 2.05) is 30.3 Å². The van der Waals surface area contributed by atoms with Gasteiger partial charge in [0.1, 0.15) is 0 Å².